The third-order valence-electron chi connectivity index (χ3n) is 3.40. The van der Waals surface area contributed by atoms with Crippen LogP contribution in [0.2, 0.25) is 0 Å². The number of amides is 1. The molecular formula is C18H17N3O2. The molecular weight excluding hydrogens is 290 g/mol. The van der Waals surface area contributed by atoms with Gasteiger partial charge in [-0.1, -0.05) is 48.5 Å². The number of anilines is 1. The van der Waals surface area contributed by atoms with E-state index in [4.69, 9.17) is 4.74 Å². The zero-order valence-corrected chi connectivity index (χ0v) is 12.8. The molecule has 1 heterocycles. The second-order valence-corrected chi connectivity index (χ2v) is 4.96. The van der Waals surface area contributed by atoms with Crippen molar-refractivity contribution in [1.29, 1.82) is 0 Å². The molecule has 0 bridgehead atoms. The van der Waals surface area contributed by atoms with Gasteiger partial charge in [0.25, 0.3) is 0 Å². The van der Waals surface area contributed by atoms with Crippen molar-refractivity contribution in [3.05, 3.63) is 65.7 Å². The summed E-state index contributed by atoms with van der Waals surface area (Å²) in [4.78, 5) is 20.8. The van der Waals surface area contributed by atoms with Crippen LogP contribution in [0.15, 0.2) is 64.6 Å². The van der Waals surface area contributed by atoms with Gasteiger partial charge in [0, 0.05) is 11.1 Å². The van der Waals surface area contributed by atoms with Gasteiger partial charge < -0.3 is 4.74 Å². The van der Waals surface area contributed by atoms with E-state index in [9.17, 15) is 4.79 Å². The number of hydrogen-bond acceptors (Lipinski definition) is 4. The Kier molecular flexibility index (Phi) is 4.47. The lowest BCUT2D eigenvalue weighted by molar-refractivity contribution is 0.168. The zero-order chi connectivity index (χ0) is 16.1. The topological polar surface area (TPSA) is 63.0 Å². The molecule has 2 aromatic carbocycles. The molecule has 0 saturated heterocycles. The van der Waals surface area contributed by atoms with Gasteiger partial charge in [0.05, 0.1) is 24.6 Å². The highest BCUT2D eigenvalue weighted by Crippen LogP contribution is 2.20. The quantitative estimate of drug-likeness (QED) is 0.939. The van der Waals surface area contributed by atoms with Crippen LogP contribution in [0.5, 0.6) is 0 Å². The summed E-state index contributed by atoms with van der Waals surface area (Å²) in [5.74, 6) is 0.714. The van der Waals surface area contributed by atoms with Crippen molar-refractivity contribution in [3.63, 3.8) is 0 Å². The number of hydrogen-bond donors (Lipinski definition) is 1. The molecule has 0 saturated carbocycles. The third-order valence-corrected chi connectivity index (χ3v) is 3.40. The highest BCUT2D eigenvalue weighted by atomic mass is 16.5. The molecule has 116 valence electrons. The Bertz CT molecular complexity index is 767. The summed E-state index contributed by atoms with van der Waals surface area (Å²) in [6.45, 7) is 2.59. The number of aliphatic imine (C=N–C) groups is 2. The number of benzene rings is 2. The summed E-state index contributed by atoms with van der Waals surface area (Å²) in [6.07, 6.45) is -0.470. The van der Waals surface area contributed by atoms with Crippen molar-refractivity contribution >= 4 is 23.3 Å². The molecule has 0 radical (unpaired) electrons. The second kappa shape index (κ2) is 6.87. The van der Waals surface area contributed by atoms with E-state index in [1.807, 2.05) is 54.6 Å². The minimum atomic E-state index is -0.470. The maximum absolute atomic E-state index is 11.7. The number of nitrogens with zero attached hydrogens (tertiary/aromatic N) is 2. The van der Waals surface area contributed by atoms with Crippen LogP contribution in [0.25, 0.3) is 0 Å². The van der Waals surface area contributed by atoms with Gasteiger partial charge in [0.1, 0.15) is 0 Å². The molecule has 0 unspecified atom stereocenters. The fourth-order valence-corrected chi connectivity index (χ4v) is 2.36. The smallest absolute Gasteiger partial charge is 0.411 e. The Hall–Kier alpha value is -2.95. The summed E-state index contributed by atoms with van der Waals surface area (Å²) in [5.41, 5.74) is 3.35. The normalized spacial score (nSPS) is 13.3. The standard InChI is InChI=1S/C18H17N3O2/c1-2-23-18(22)21-15-11-7-6-10-14(15)16-12-19-17(20-16)13-8-4-3-5-9-13/h3-11H,2,12H2,1H3,(H,21,22). The van der Waals surface area contributed by atoms with Crippen molar-refractivity contribution in [2.24, 2.45) is 9.98 Å². The van der Waals surface area contributed by atoms with Crippen LogP contribution in [-0.4, -0.2) is 30.8 Å². The lowest BCUT2D eigenvalue weighted by Crippen LogP contribution is -2.16. The Morgan fingerprint density at radius 3 is 2.65 bits per heavy atom. The minimum absolute atomic E-state index is 0.330. The van der Waals surface area contributed by atoms with Gasteiger partial charge in [0.2, 0.25) is 0 Å². The van der Waals surface area contributed by atoms with Crippen LogP contribution >= 0.6 is 0 Å². The van der Waals surface area contributed by atoms with Gasteiger partial charge in [-0.3, -0.25) is 10.3 Å². The van der Waals surface area contributed by atoms with Crippen molar-refractivity contribution in [1.82, 2.24) is 0 Å². The summed E-state index contributed by atoms with van der Waals surface area (Å²) >= 11 is 0. The summed E-state index contributed by atoms with van der Waals surface area (Å²) in [6, 6.07) is 17.4. The molecule has 5 heteroatoms. The van der Waals surface area contributed by atoms with Crippen LogP contribution < -0.4 is 5.32 Å². The number of ether oxygens (including phenoxy) is 1. The molecule has 1 aliphatic rings. The number of carbonyl (C=O) groups is 1. The predicted octanol–water partition coefficient (Wildman–Crippen LogP) is 3.50. The first-order valence-electron chi connectivity index (χ1n) is 7.48. The maximum atomic E-state index is 11.7. The largest absolute Gasteiger partial charge is 0.450 e. The van der Waals surface area contributed by atoms with Crippen LogP contribution in [0.3, 0.4) is 0 Å². The molecule has 0 spiro atoms. The fraction of sp³-hybridized carbons (Fsp3) is 0.167. The molecule has 0 aromatic heterocycles. The molecule has 1 N–H and O–H groups in total. The van der Waals surface area contributed by atoms with Gasteiger partial charge in [-0.15, -0.1) is 0 Å². The van der Waals surface area contributed by atoms with Gasteiger partial charge in [-0.25, -0.2) is 9.79 Å². The van der Waals surface area contributed by atoms with E-state index in [-0.39, 0.29) is 0 Å². The Morgan fingerprint density at radius 1 is 1.13 bits per heavy atom. The molecule has 23 heavy (non-hydrogen) atoms. The second-order valence-electron chi connectivity index (χ2n) is 4.96. The summed E-state index contributed by atoms with van der Waals surface area (Å²) in [7, 11) is 0. The number of nitrogens with one attached hydrogen (secondary N) is 1. The maximum Gasteiger partial charge on any atom is 0.411 e. The van der Waals surface area contributed by atoms with E-state index in [1.54, 1.807) is 6.92 Å². The molecule has 5 nitrogen and oxygen atoms in total. The first kappa shape index (κ1) is 15.0. The van der Waals surface area contributed by atoms with E-state index in [1.165, 1.54) is 0 Å². The van der Waals surface area contributed by atoms with Crippen molar-refractivity contribution in [3.8, 4) is 0 Å². The molecule has 0 aliphatic carbocycles. The van der Waals surface area contributed by atoms with Crippen LogP contribution in [0, 0.1) is 0 Å². The number of rotatable bonds is 4. The molecule has 1 aliphatic heterocycles. The Labute approximate surface area is 134 Å². The van der Waals surface area contributed by atoms with E-state index >= 15 is 0 Å². The predicted molar refractivity (Wildman–Crippen MR) is 91.5 cm³/mol. The summed E-state index contributed by atoms with van der Waals surface area (Å²) in [5, 5.41) is 2.75. The first-order chi connectivity index (χ1) is 11.3. The van der Waals surface area contributed by atoms with Gasteiger partial charge in [0.15, 0.2) is 5.84 Å². The minimum Gasteiger partial charge on any atom is -0.450 e. The average Bonchev–Trinajstić information content (AvgIpc) is 3.06. The van der Waals surface area contributed by atoms with E-state index in [2.05, 4.69) is 15.3 Å². The molecule has 2 aromatic rings. The average molecular weight is 307 g/mol. The van der Waals surface area contributed by atoms with E-state index < -0.39 is 6.09 Å². The number of carbonyl (C=O) groups excluding carboxylic acids is 1. The van der Waals surface area contributed by atoms with Gasteiger partial charge in [-0.2, -0.15) is 0 Å². The highest BCUT2D eigenvalue weighted by Gasteiger charge is 2.17. The molecule has 1 amide bonds. The van der Waals surface area contributed by atoms with Crippen molar-refractivity contribution in [2.45, 2.75) is 6.92 Å². The number of amidine groups is 1. The van der Waals surface area contributed by atoms with Gasteiger partial charge in [-0.05, 0) is 13.0 Å². The van der Waals surface area contributed by atoms with Crippen LogP contribution in [0.4, 0.5) is 10.5 Å². The monoisotopic (exact) mass is 307 g/mol. The van der Waals surface area contributed by atoms with Crippen molar-refractivity contribution in [2.75, 3.05) is 18.5 Å². The molecule has 0 fully saturated rings. The van der Waals surface area contributed by atoms with Crippen LogP contribution in [0.1, 0.15) is 18.1 Å². The van der Waals surface area contributed by atoms with Crippen LogP contribution in [-0.2, 0) is 4.74 Å². The third kappa shape index (κ3) is 3.45. The van der Waals surface area contributed by atoms with E-state index in [0.29, 0.717) is 24.7 Å². The van der Waals surface area contributed by atoms with E-state index in [0.717, 1.165) is 16.8 Å². The number of para-hydroxylation sites is 1. The van der Waals surface area contributed by atoms with Gasteiger partial charge >= 0.3 is 6.09 Å². The highest BCUT2D eigenvalue weighted by molar-refractivity contribution is 6.19. The Morgan fingerprint density at radius 2 is 1.87 bits per heavy atom. The SMILES string of the molecule is CCOC(=O)Nc1ccccc1C1=NC(c2ccccc2)=NC1. The van der Waals surface area contributed by atoms with Crippen molar-refractivity contribution < 1.29 is 9.53 Å². The first-order valence-corrected chi connectivity index (χ1v) is 7.48. The molecule has 0 atom stereocenters. The zero-order valence-electron chi connectivity index (χ0n) is 12.8. The molecule has 3 rings (SSSR count). The lowest BCUT2D eigenvalue weighted by Gasteiger charge is -2.10. The fourth-order valence-electron chi connectivity index (χ4n) is 2.36. The summed E-state index contributed by atoms with van der Waals surface area (Å²) < 4.78 is 4.94. The Balaban J connectivity index is 1.85. The lowest BCUT2D eigenvalue weighted by atomic mass is 10.1.